The maximum absolute atomic E-state index is 11.9. The largest absolute Gasteiger partial charge is 0.387 e. The van der Waals surface area contributed by atoms with Crippen LogP contribution < -0.4 is 5.32 Å². The molecule has 2 rings (SSSR count). The van der Waals surface area contributed by atoms with E-state index in [-0.39, 0.29) is 22.8 Å². The topological polar surface area (TPSA) is 92.5 Å². The average molecular weight is 327 g/mol. The van der Waals surface area contributed by atoms with Crippen LogP contribution in [0, 0.1) is 10.1 Å². The minimum atomic E-state index is -0.808. The van der Waals surface area contributed by atoms with E-state index in [1.165, 1.54) is 23.5 Å². The molecule has 8 heteroatoms. The van der Waals surface area contributed by atoms with Crippen LogP contribution in [0.5, 0.6) is 0 Å². The lowest BCUT2D eigenvalue weighted by atomic mass is 10.1. The summed E-state index contributed by atoms with van der Waals surface area (Å²) in [7, 11) is 0. The molecule has 1 amide bonds. The molecule has 0 aliphatic carbocycles. The van der Waals surface area contributed by atoms with E-state index in [2.05, 4.69) is 5.32 Å². The van der Waals surface area contributed by atoms with Gasteiger partial charge in [0, 0.05) is 18.7 Å². The molecule has 1 heterocycles. The molecule has 0 saturated heterocycles. The summed E-state index contributed by atoms with van der Waals surface area (Å²) < 4.78 is 0. The first kappa shape index (κ1) is 15.4. The number of carbonyl (C=O) groups is 1. The van der Waals surface area contributed by atoms with E-state index in [1.54, 1.807) is 11.4 Å². The molecule has 1 aromatic carbocycles. The fraction of sp³-hybridized carbons (Fsp3) is 0.154. The normalized spacial score (nSPS) is 11.9. The van der Waals surface area contributed by atoms with Gasteiger partial charge in [-0.25, -0.2) is 0 Å². The summed E-state index contributed by atoms with van der Waals surface area (Å²) in [6.45, 7) is 0.0306. The van der Waals surface area contributed by atoms with E-state index in [9.17, 15) is 20.0 Å². The molecule has 0 spiro atoms. The third kappa shape index (κ3) is 3.78. The molecule has 0 saturated carbocycles. The highest BCUT2D eigenvalue weighted by Gasteiger charge is 2.16. The standard InChI is InChI=1S/C13H11ClN2O4S/c14-11-5-9(16(19)20)1-2-10(11)13(18)15-6-12(17)8-3-4-21-7-8/h1-5,7,12,17H,6H2,(H,15,18). The van der Waals surface area contributed by atoms with Gasteiger partial charge in [0.2, 0.25) is 0 Å². The molecule has 0 bridgehead atoms. The molecule has 1 aromatic heterocycles. The Hall–Kier alpha value is -1.96. The number of benzene rings is 1. The highest BCUT2D eigenvalue weighted by atomic mass is 35.5. The van der Waals surface area contributed by atoms with E-state index in [0.29, 0.717) is 0 Å². The van der Waals surface area contributed by atoms with Crippen LogP contribution in [0.25, 0.3) is 0 Å². The lowest BCUT2D eigenvalue weighted by molar-refractivity contribution is -0.384. The highest BCUT2D eigenvalue weighted by Crippen LogP contribution is 2.22. The Morgan fingerprint density at radius 2 is 2.24 bits per heavy atom. The van der Waals surface area contributed by atoms with Crippen molar-refractivity contribution in [2.45, 2.75) is 6.10 Å². The quantitative estimate of drug-likeness (QED) is 0.652. The second-order valence-corrected chi connectivity index (χ2v) is 5.39. The van der Waals surface area contributed by atoms with Crippen molar-refractivity contribution in [3.05, 3.63) is 61.3 Å². The van der Waals surface area contributed by atoms with Gasteiger partial charge in [0.05, 0.1) is 21.6 Å². The van der Waals surface area contributed by atoms with E-state index in [4.69, 9.17) is 11.6 Å². The van der Waals surface area contributed by atoms with Crippen molar-refractivity contribution < 1.29 is 14.8 Å². The molecule has 2 aromatic rings. The van der Waals surface area contributed by atoms with Crippen molar-refractivity contribution in [1.29, 1.82) is 0 Å². The Morgan fingerprint density at radius 1 is 1.48 bits per heavy atom. The van der Waals surface area contributed by atoms with Gasteiger partial charge >= 0.3 is 0 Å². The van der Waals surface area contributed by atoms with Crippen LogP contribution in [-0.4, -0.2) is 22.5 Å². The first-order chi connectivity index (χ1) is 9.99. The number of thiophene rings is 1. The Balaban J connectivity index is 2.02. The van der Waals surface area contributed by atoms with Gasteiger partial charge in [-0.1, -0.05) is 11.6 Å². The molecule has 1 atom stereocenters. The fourth-order valence-electron chi connectivity index (χ4n) is 1.67. The van der Waals surface area contributed by atoms with E-state index in [0.717, 1.165) is 11.6 Å². The predicted octanol–water partition coefficient (Wildman–Crippen LogP) is 2.77. The monoisotopic (exact) mass is 326 g/mol. The van der Waals surface area contributed by atoms with Crippen LogP contribution in [0.1, 0.15) is 22.0 Å². The lowest BCUT2D eigenvalue weighted by Crippen LogP contribution is -2.28. The zero-order valence-electron chi connectivity index (χ0n) is 10.7. The SMILES string of the molecule is O=C(NCC(O)c1ccsc1)c1ccc([N+](=O)[O-])cc1Cl. The zero-order valence-corrected chi connectivity index (χ0v) is 12.2. The first-order valence-corrected chi connectivity index (χ1v) is 7.23. The van der Waals surface area contributed by atoms with Crippen LogP contribution in [0.3, 0.4) is 0 Å². The Morgan fingerprint density at radius 3 is 2.81 bits per heavy atom. The molecule has 0 aliphatic heterocycles. The number of hydrogen-bond donors (Lipinski definition) is 2. The summed E-state index contributed by atoms with van der Waals surface area (Å²) in [5, 5.41) is 26.6. The number of halogens is 1. The molecular formula is C13H11ClN2O4S. The first-order valence-electron chi connectivity index (χ1n) is 5.91. The summed E-state index contributed by atoms with van der Waals surface area (Å²) in [6, 6.07) is 5.37. The molecule has 2 N–H and O–H groups in total. The van der Waals surface area contributed by atoms with Crippen molar-refractivity contribution in [3.8, 4) is 0 Å². The fourth-order valence-corrected chi connectivity index (χ4v) is 2.64. The molecule has 21 heavy (non-hydrogen) atoms. The van der Waals surface area contributed by atoms with E-state index >= 15 is 0 Å². The maximum Gasteiger partial charge on any atom is 0.270 e. The Bertz CT molecular complexity index is 660. The smallest absolute Gasteiger partial charge is 0.270 e. The molecule has 0 radical (unpaired) electrons. The van der Waals surface area contributed by atoms with Gasteiger partial charge in [-0.2, -0.15) is 11.3 Å². The highest BCUT2D eigenvalue weighted by molar-refractivity contribution is 7.07. The molecule has 110 valence electrons. The van der Waals surface area contributed by atoms with Gasteiger partial charge in [-0.15, -0.1) is 0 Å². The Labute approximate surface area is 129 Å². The summed E-state index contributed by atoms with van der Waals surface area (Å²) in [6.07, 6.45) is -0.808. The summed E-state index contributed by atoms with van der Waals surface area (Å²) >= 11 is 7.30. The molecule has 0 fully saturated rings. The van der Waals surface area contributed by atoms with E-state index in [1.807, 2.05) is 5.38 Å². The van der Waals surface area contributed by atoms with E-state index < -0.39 is 16.9 Å². The van der Waals surface area contributed by atoms with Gasteiger partial charge in [0.25, 0.3) is 11.6 Å². The number of rotatable bonds is 5. The minimum Gasteiger partial charge on any atom is -0.387 e. The summed E-state index contributed by atoms with van der Waals surface area (Å²) in [4.78, 5) is 22.0. The maximum atomic E-state index is 11.9. The van der Waals surface area contributed by atoms with Crippen LogP contribution in [-0.2, 0) is 0 Å². The van der Waals surface area contributed by atoms with Gasteiger partial charge in [-0.3, -0.25) is 14.9 Å². The van der Waals surface area contributed by atoms with Gasteiger partial charge < -0.3 is 10.4 Å². The van der Waals surface area contributed by atoms with Crippen LogP contribution in [0.4, 0.5) is 5.69 Å². The lowest BCUT2D eigenvalue weighted by Gasteiger charge is -2.11. The van der Waals surface area contributed by atoms with Crippen molar-refractivity contribution in [2.75, 3.05) is 6.54 Å². The van der Waals surface area contributed by atoms with Crippen LogP contribution in [0.2, 0.25) is 5.02 Å². The molecule has 6 nitrogen and oxygen atoms in total. The number of amides is 1. The number of carbonyl (C=O) groups excluding carboxylic acids is 1. The molecule has 0 aliphatic rings. The van der Waals surface area contributed by atoms with Gasteiger partial charge in [0.15, 0.2) is 0 Å². The predicted molar refractivity (Wildman–Crippen MR) is 79.7 cm³/mol. The average Bonchev–Trinajstić information content (AvgIpc) is 2.98. The number of nitro groups is 1. The number of hydrogen-bond acceptors (Lipinski definition) is 5. The number of aliphatic hydroxyl groups is 1. The van der Waals surface area contributed by atoms with Gasteiger partial charge in [-0.05, 0) is 28.5 Å². The number of nitro benzene ring substituents is 1. The number of nitrogens with one attached hydrogen (secondary N) is 1. The zero-order chi connectivity index (χ0) is 15.4. The van der Waals surface area contributed by atoms with Crippen molar-refractivity contribution >= 4 is 34.5 Å². The second-order valence-electron chi connectivity index (χ2n) is 4.20. The summed E-state index contributed by atoms with van der Waals surface area (Å²) in [5.41, 5.74) is 0.657. The number of nitrogens with zero attached hydrogens (tertiary/aromatic N) is 1. The number of non-ortho nitro benzene ring substituents is 1. The third-order valence-corrected chi connectivity index (χ3v) is 3.81. The van der Waals surface area contributed by atoms with Crippen molar-refractivity contribution in [3.63, 3.8) is 0 Å². The van der Waals surface area contributed by atoms with Crippen molar-refractivity contribution in [1.82, 2.24) is 5.32 Å². The second kappa shape index (κ2) is 6.66. The van der Waals surface area contributed by atoms with Crippen LogP contribution in [0.15, 0.2) is 35.0 Å². The van der Waals surface area contributed by atoms with Crippen molar-refractivity contribution in [2.24, 2.45) is 0 Å². The van der Waals surface area contributed by atoms with Crippen LogP contribution >= 0.6 is 22.9 Å². The summed E-state index contributed by atoms with van der Waals surface area (Å²) in [5.74, 6) is -0.496. The van der Waals surface area contributed by atoms with Gasteiger partial charge in [0.1, 0.15) is 0 Å². The minimum absolute atomic E-state index is 0.00766. The number of aliphatic hydroxyl groups excluding tert-OH is 1. The molecule has 1 unspecified atom stereocenters. The molecular weight excluding hydrogens is 316 g/mol. The third-order valence-electron chi connectivity index (χ3n) is 2.79. The Kier molecular flexibility index (Phi) is 4.89.